The van der Waals surface area contributed by atoms with Gasteiger partial charge in [0, 0.05) is 22.3 Å². The molecule has 1 atom stereocenters. The molecule has 11 heavy (non-hydrogen) atoms. The number of rotatable bonds is 1. The molecular formula is C7H8Br2N2. The lowest BCUT2D eigenvalue weighted by molar-refractivity contribution is 0.803. The second-order valence-corrected chi connectivity index (χ2v) is 3.99. The average molecular weight is 280 g/mol. The van der Waals surface area contributed by atoms with Crippen LogP contribution in [-0.2, 0) is 0 Å². The van der Waals surface area contributed by atoms with Crippen molar-refractivity contribution in [2.24, 2.45) is 5.73 Å². The van der Waals surface area contributed by atoms with Crippen LogP contribution in [0.4, 0.5) is 0 Å². The van der Waals surface area contributed by atoms with Crippen LogP contribution in [-0.4, -0.2) is 4.98 Å². The minimum absolute atomic E-state index is 0.00868. The molecule has 0 fully saturated rings. The van der Waals surface area contributed by atoms with Gasteiger partial charge in [0.1, 0.15) is 4.60 Å². The Morgan fingerprint density at radius 3 is 2.64 bits per heavy atom. The second-order valence-electron chi connectivity index (χ2n) is 2.32. The molecule has 1 rings (SSSR count). The van der Waals surface area contributed by atoms with E-state index >= 15 is 0 Å². The van der Waals surface area contributed by atoms with E-state index in [1.165, 1.54) is 0 Å². The van der Waals surface area contributed by atoms with Crippen molar-refractivity contribution in [3.05, 3.63) is 26.9 Å². The van der Waals surface area contributed by atoms with Crippen molar-refractivity contribution in [3.8, 4) is 0 Å². The van der Waals surface area contributed by atoms with Gasteiger partial charge in [-0.3, -0.25) is 0 Å². The van der Waals surface area contributed by atoms with E-state index in [1.54, 1.807) is 6.20 Å². The third-order valence-electron chi connectivity index (χ3n) is 1.32. The number of nitrogens with two attached hydrogens (primary N) is 1. The number of hydrogen-bond donors (Lipinski definition) is 1. The highest BCUT2D eigenvalue weighted by Gasteiger charge is 2.05. The van der Waals surface area contributed by atoms with Gasteiger partial charge in [-0.05, 0) is 44.8 Å². The van der Waals surface area contributed by atoms with Crippen LogP contribution in [0, 0.1) is 0 Å². The molecule has 0 amide bonds. The van der Waals surface area contributed by atoms with E-state index in [0.29, 0.717) is 0 Å². The summed E-state index contributed by atoms with van der Waals surface area (Å²) < 4.78 is 1.77. The quantitative estimate of drug-likeness (QED) is 0.803. The Morgan fingerprint density at radius 1 is 1.55 bits per heavy atom. The monoisotopic (exact) mass is 278 g/mol. The number of aromatic nitrogens is 1. The van der Waals surface area contributed by atoms with Gasteiger partial charge in [0.2, 0.25) is 0 Å². The lowest BCUT2D eigenvalue weighted by Gasteiger charge is -2.06. The molecule has 0 unspecified atom stereocenters. The third kappa shape index (κ3) is 2.25. The van der Waals surface area contributed by atoms with Crippen LogP contribution in [0.3, 0.4) is 0 Å². The van der Waals surface area contributed by atoms with Gasteiger partial charge in [0.25, 0.3) is 0 Å². The summed E-state index contributed by atoms with van der Waals surface area (Å²) in [5, 5.41) is 0. The molecule has 1 aromatic heterocycles. The second kappa shape index (κ2) is 3.65. The zero-order valence-corrected chi connectivity index (χ0v) is 9.18. The van der Waals surface area contributed by atoms with Crippen molar-refractivity contribution >= 4 is 31.9 Å². The highest BCUT2D eigenvalue weighted by Crippen LogP contribution is 2.22. The highest BCUT2D eigenvalue weighted by molar-refractivity contribution is 9.11. The molecule has 0 spiro atoms. The average Bonchev–Trinajstić information content (AvgIpc) is 1.94. The van der Waals surface area contributed by atoms with Crippen LogP contribution < -0.4 is 5.73 Å². The predicted molar refractivity (Wildman–Crippen MR) is 52.2 cm³/mol. The van der Waals surface area contributed by atoms with Gasteiger partial charge in [-0.15, -0.1) is 0 Å². The van der Waals surface area contributed by atoms with Crippen LogP contribution in [0.25, 0.3) is 0 Å². The molecule has 0 aromatic carbocycles. The Morgan fingerprint density at radius 2 is 2.18 bits per heavy atom. The van der Waals surface area contributed by atoms with Crippen LogP contribution in [0.5, 0.6) is 0 Å². The van der Waals surface area contributed by atoms with Gasteiger partial charge in [-0.1, -0.05) is 0 Å². The smallest absolute Gasteiger partial charge is 0.110 e. The molecule has 2 nitrogen and oxygen atoms in total. The molecule has 0 aliphatic carbocycles. The van der Waals surface area contributed by atoms with Crippen molar-refractivity contribution in [3.63, 3.8) is 0 Å². The predicted octanol–water partition coefficient (Wildman–Crippen LogP) is 2.63. The molecule has 0 radical (unpaired) electrons. The first-order chi connectivity index (χ1) is 5.11. The minimum Gasteiger partial charge on any atom is -0.324 e. The third-order valence-corrected chi connectivity index (χ3v) is 2.42. The van der Waals surface area contributed by atoms with E-state index < -0.39 is 0 Å². The zero-order valence-electron chi connectivity index (χ0n) is 6.01. The van der Waals surface area contributed by atoms with E-state index in [9.17, 15) is 0 Å². The van der Waals surface area contributed by atoms with Gasteiger partial charge < -0.3 is 5.73 Å². The van der Waals surface area contributed by atoms with Crippen molar-refractivity contribution in [1.82, 2.24) is 4.98 Å². The van der Waals surface area contributed by atoms with Crippen LogP contribution in [0.2, 0.25) is 0 Å². The Bertz CT molecular complexity index is 261. The maximum absolute atomic E-state index is 5.69. The summed E-state index contributed by atoms with van der Waals surface area (Å²) in [5.41, 5.74) is 6.71. The summed E-state index contributed by atoms with van der Waals surface area (Å²) in [7, 11) is 0. The van der Waals surface area contributed by atoms with Gasteiger partial charge in [-0.2, -0.15) is 0 Å². The summed E-state index contributed by atoms with van der Waals surface area (Å²) in [6.45, 7) is 1.92. The van der Waals surface area contributed by atoms with E-state index in [2.05, 4.69) is 36.8 Å². The Balaban J connectivity index is 3.13. The lowest BCUT2D eigenvalue weighted by Crippen LogP contribution is -2.06. The SMILES string of the molecule is C[C@H](N)c1cc(Br)cnc1Br. The van der Waals surface area contributed by atoms with Crippen molar-refractivity contribution in [1.29, 1.82) is 0 Å². The van der Waals surface area contributed by atoms with E-state index in [1.807, 2.05) is 13.0 Å². The fraction of sp³-hybridized carbons (Fsp3) is 0.286. The normalized spacial score (nSPS) is 13.1. The largest absolute Gasteiger partial charge is 0.324 e. The molecule has 0 saturated heterocycles. The van der Waals surface area contributed by atoms with Gasteiger partial charge in [0.05, 0.1) is 0 Å². The maximum Gasteiger partial charge on any atom is 0.110 e. The number of hydrogen-bond acceptors (Lipinski definition) is 2. The summed E-state index contributed by atoms with van der Waals surface area (Å²) in [6, 6.07) is 1.97. The molecule has 60 valence electrons. The molecule has 0 saturated carbocycles. The van der Waals surface area contributed by atoms with Crippen molar-refractivity contribution in [2.45, 2.75) is 13.0 Å². The van der Waals surface area contributed by atoms with Crippen molar-refractivity contribution < 1.29 is 0 Å². The first-order valence-corrected chi connectivity index (χ1v) is 4.76. The van der Waals surface area contributed by atoms with E-state index in [0.717, 1.165) is 14.6 Å². The molecule has 1 heterocycles. The first kappa shape index (κ1) is 9.16. The number of nitrogens with zero attached hydrogens (tertiary/aromatic N) is 1. The molecule has 4 heteroatoms. The molecule has 0 aliphatic heterocycles. The molecule has 0 aliphatic rings. The molecule has 0 bridgehead atoms. The van der Waals surface area contributed by atoms with Gasteiger partial charge >= 0.3 is 0 Å². The topological polar surface area (TPSA) is 38.9 Å². The van der Waals surface area contributed by atoms with Crippen LogP contribution in [0.1, 0.15) is 18.5 Å². The first-order valence-electron chi connectivity index (χ1n) is 3.18. The summed E-state index contributed by atoms with van der Waals surface area (Å²) in [4.78, 5) is 4.09. The maximum atomic E-state index is 5.69. The van der Waals surface area contributed by atoms with Crippen LogP contribution >= 0.6 is 31.9 Å². The fourth-order valence-electron chi connectivity index (χ4n) is 0.758. The number of pyridine rings is 1. The Kier molecular flexibility index (Phi) is 3.04. The molecule has 2 N–H and O–H groups in total. The van der Waals surface area contributed by atoms with E-state index in [4.69, 9.17) is 5.73 Å². The van der Waals surface area contributed by atoms with Crippen LogP contribution in [0.15, 0.2) is 21.3 Å². The van der Waals surface area contributed by atoms with E-state index in [-0.39, 0.29) is 6.04 Å². The fourth-order valence-corrected chi connectivity index (χ4v) is 1.68. The van der Waals surface area contributed by atoms with Gasteiger partial charge in [-0.25, -0.2) is 4.98 Å². The summed E-state index contributed by atoms with van der Waals surface area (Å²) in [6.07, 6.45) is 1.73. The summed E-state index contributed by atoms with van der Waals surface area (Å²) >= 11 is 6.64. The standard InChI is InChI=1S/C7H8Br2N2/c1-4(10)6-2-5(8)3-11-7(6)9/h2-4H,10H2,1H3/t4-/m0/s1. The zero-order chi connectivity index (χ0) is 8.43. The Hall–Kier alpha value is 0.0700. The Labute approximate surface area is 82.5 Å². The summed E-state index contributed by atoms with van der Waals surface area (Å²) in [5.74, 6) is 0. The lowest BCUT2D eigenvalue weighted by atomic mass is 10.2. The minimum atomic E-state index is 0.00868. The highest BCUT2D eigenvalue weighted by atomic mass is 79.9. The van der Waals surface area contributed by atoms with Crippen molar-refractivity contribution in [2.75, 3.05) is 0 Å². The molecule has 1 aromatic rings. The van der Waals surface area contributed by atoms with Gasteiger partial charge in [0.15, 0.2) is 0 Å². The molecular weight excluding hydrogens is 272 g/mol. The number of halogens is 2.